The van der Waals surface area contributed by atoms with E-state index in [-0.39, 0.29) is 0 Å². The summed E-state index contributed by atoms with van der Waals surface area (Å²) in [5.41, 5.74) is 5.35. The first-order chi connectivity index (χ1) is 15.9. The summed E-state index contributed by atoms with van der Waals surface area (Å²) >= 11 is 6.71. The summed E-state index contributed by atoms with van der Waals surface area (Å²) in [5, 5.41) is 2.04. The zero-order valence-corrected chi connectivity index (χ0v) is 20.3. The SMILES string of the molecule is CC(=C/C=O)/N=C(/C)N(C)c1ccc(N2CCC(Cc3ccc4[nH]ccc4c3)CC2)c(Cl)c1. The number of hydrogen-bond acceptors (Lipinski definition) is 3. The van der Waals surface area contributed by atoms with Crippen LogP contribution in [0, 0.1) is 5.92 Å². The fraction of sp³-hybridized carbons (Fsp3) is 0.333. The van der Waals surface area contributed by atoms with Crippen molar-refractivity contribution in [1.29, 1.82) is 0 Å². The standard InChI is InChI=1S/C27H31ClN4O/c1-19(11-15-33)30-20(2)31(3)24-5-7-27(25(28)18-24)32-13-9-21(10-14-32)16-22-4-6-26-23(17-22)8-12-29-26/h4-8,11-12,15,17-18,21,29H,9-10,13-14,16H2,1-3H3/b19-11-,30-20-. The smallest absolute Gasteiger partial charge is 0.144 e. The molecule has 1 N–H and O–H groups in total. The average molecular weight is 463 g/mol. The molecule has 0 saturated carbocycles. The van der Waals surface area contributed by atoms with Crippen molar-refractivity contribution in [3.05, 3.63) is 71.0 Å². The Balaban J connectivity index is 1.38. The molecule has 0 amide bonds. The van der Waals surface area contributed by atoms with Crippen LogP contribution in [0.15, 0.2) is 65.4 Å². The van der Waals surface area contributed by atoms with Crippen LogP contribution in [0.5, 0.6) is 0 Å². The largest absolute Gasteiger partial charge is 0.370 e. The number of nitrogens with zero attached hydrogens (tertiary/aromatic N) is 3. The van der Waals surface area contributed by atoms with Crippen LogP contribution in [0.1, 0.15) is 32.3 Å². The number of rotatable bonds is 6. The Kier molecular flexibility index (Phi) is 7.19. The predicted octanol–water partition coefficient (Wildman–Crippen LogP) is 6.24. The molecule has 0 aliphatic carbocycles. The fourth-order valence-electron chi connectivity index (χ4n) is 4.55. The number of amidine groups is 1. The first-order valence-corrected chi connectivity index (χ1v) is 11.8. The molecule has 1 saturated heterocycles. The van der Waals surface area contributed by atoms with Crippen LogP contribution < -0.4 is 9.80 Å². The molecule has 33 heavy (non-hydrogen) atoms. The minimum Gasteiger partial charge on any atom is -0.370 e. The Labute approximate surface area is 200 Å². The molecule has 1 aliphatic rings. The highest BCUT2D eigenvalue weighted by molar-refractivity contribution is 6.33. The second-order valence-electron chi connectivity index (χ2n) is 8.83. The third kappa shape index (κ3) is 5.48. The van der Waals surface area contributed by atoms with Gasteiger partial charge >= 0.3 is 0 Å². The Morgan fingerprint density at radius 2 is 1.97 bits per heavy atom. The lowest BCUT2D eigenvalue weighted by Crippen LogP contribution is -2.34. The van der Waals surface area contributed by atoms with Gasteiger partial charge in [-0.3, -0.25) is 4.79 Å². The van der Waals surface area contributed by atoms with E-state index in [1.165, 1.54) is 22.5 Å². The number of H-pyrrole nitrogens is 1. The third-order valence-corrected chi connectivity index (χ3v) is 6.85. The second kappa shape index (κ2) is 10.3. The van der Waals surface area contributed by atoms with E-state index in [9.17, 15) is 4.79 Å². The number of fused-ring (bicyclic) bond motifs is 1. The monoisotopic (exact) mass is 462 g/mol. The number of piperidine rings is 1. The molecule has 5 nitrogen and oxygen atoms in total. The van der Waals surface area contributed by atoms with Gasteiger partial charge in [0.15, 0.2) is 0 Å². The zero-order valence-electron chi connectivity index (χ0n) is 19.5. The van der Waals surface area contributed by atoms with E-state index in [1.807, 2.05) is 38.1 Å². The molecule has 0 atom stereocenters. The van der Waals surface area contributed by atoms with Gasteiger partial charge in [0, 0.05) is 43.2 Å². The number of anilines is 2. The predicted molar refractivity (Wildman–Crippen MR) is 140 cm³/mol. The van der Waals surface area contributed by atoms with Crippen LogP contribution in [-0.4, -0.2) is 37.2 Å². The van der Waals surface area contributed by atoms with Gasteiger partial charge in [0.2, 0.25) is 0 Å². The summed E-state index contributed by atoms with van der Waals surface area (Å²) in [5.74, 6) is 1.50. The van der Waals surface area contributed by atoms with Crippen molar-refractivity contribution < 1.29 is 4.79 Å². The lowest BCUT2D eigenvalue weighted by molar-refractivity contribution is -0.104. The summed E-state index contributed by atoms with van der Waals surface area (Å²) in [6.07, 6.45) is 7.66. The van der Waals surface area contributed by atoms with Gasteiger partial charge < -0.3 is 14.8 Å². The van der Waals surface area contributed by atoms with E-state index in [0.29, 0.717) is 11.6 Å². The van der Waals surface area contributed by atoms with Gasteiger partial charge in [-0.25, -0.2) is 4.99 Å². The van der Waals surface area contributed by atoms with Crippen LogP contribution in [-0.2, 0) is 11.2 Å². The van der Waals surface area contributed by atoms with Crippen molar-refractivity contribution in [2.75, 3.05) is 29.9 Å². The van der Waals surface area contributed by atoms with Crippen molar-refractivity contribution in [2.24, 2.45) is 10.9 Å². The molecule has 2 heterocycles. The van der Waals surface area contributed by atoms with Gasteiger partial charge in [-0.2, -0.15) is 0 Å². The number of halogens is 1. The van der Waals surface area contributed by atoms with Gasteiger partial charge in [-0.1, -0.05) is 17.7 Å². The van der Waals surface area contributed by atoms with Crippen LogP contribution in [0.4, 0.5) is 11.4 Å². The zero-order chi connectivity index (χ0) is 23.4. The van der Waals surface area contributed by atoms with E-state index in [0.717, 1.165) is 60.9 Å². The highest BCUT2D eigenvalue weighted by atomic mass is 35.5. The Hall–Kier alpha value is -3.05. The summed E-state index contributed by atoms with van der Waals surface area (Å²) in [6, 6.07) is 15.1. The summed E-state index contributed by atoms with van der Waals surface area (Å²) < 4.78 is 0. The Morgan fingerprint density at radius 3 is 2.70 bits per heavy atom. The lowest BCUT2D eigenvalue weighted by Gasteiger charge is -2.34. The van der Waals surface area contributed by atoms with Crippen molar-refractivity contribution in [3.8, 4) is 0 Å². The highest BCUT2D eigenvalue weighted by Gasteiger charge is 2.22. The first-order valence-electron chi connectivity index (χ1n) is 11.5. The Morgan fingerprint density at radius 1 is 1.18 bits per heavy atom. The van der Waals surface area contributed by atoms with Gasteiger partial charge in [0.05, 0.1) is 10.7 Å². The molecule has 0 bridgehead atoms. The third-order valence-electron chi connectivity index (χ3n) is 6.55. The fourth-order valence-corrected chi connectivity index (χ4v) is 4.85. The van der Waals surface area contributed by atoms with Gasteiger partial charge in [0.25, 0.3) is 0 Å². The molecule has 0 radical (unpaired) electrons. The average Bonchev–Trinajstić information content (AvgIpc) is 3.27. The van der Waals surface area contributed by atoms with Crippen LogP contribution in [0.2, 0.25) is 5.02 Å². The van der Waals surface area contributed by atoms with Crippen LogP contribution >= 0.6 is 11.6 Å². The summed E-state index contributed by atoms with van der Waals surface area (Å²) in [6.45, 7) is 5.76. The molecule has 1 fully saturated rings. The Bertz CT molecular complexity index is 1190. The molecule has 2 aromatic carbocycles. The number of carbonyl (C=O) groups excluding carboxylic acids is 1. The highest BCUT2D eigenvalue weighted by Crippen LogP contribution is 2.34. The number of nitrogens with one attached hydrogen (secondary N) is 1. The molecule has 6 heteroatoms. The van der Waals surface area contributed by atoms with Crippen molar-refractivity contribution >= 4 is 46.0 Å². The molecule has 172 valence electrons. The van der Waals surface area contributed by atoms with Gasteiger partial charge in [-0.15, -0.1) is 0 Å². The van der Waals surface area contributed by atoms with Gasteiger partial charge in [-0.05, 0) is 92.5 Å². The number of aromatic amines is 1. The minimum atomic E-state index is 0.674. The quantitative estimate of drug-likeness (QED) is 0.204. The molecule has 1 aromatic heterocycles. The number of allylic oxidation sites excluding steroid dienone is 2. The molecule has 1 aliphatic heterocycles. The van der Waals surface area contributed by atoms with Crippen molar-refractivity contribution in [1.82, 2.24) is 4.98 Å². The lowest BCUT2D eigenvalue weighted by atomic mass is 9.89. The molecular formula is C27H31ClN4O. The van der Waals surface area contributed by atoms with E-state index in [2.05, 4.69) is 51.3 Å². The van der Waals surface area contributed by atoms with Crippen molar-refractivity contribution in [3.63, 3.8) is 0 Å². The second-order valence-corrected chi connectivity index (χ2v) is 9.24. The van der Waals surface area contributed by atoms with E-state index >= 15 is 0 Å². The van der Waals surface area contributed by atoms with E-state index in [4.69, 9.17) is 11.6 Å². The number of carbonyl (C=O) groups is 1. The number of aliphatic imine (C=N–C) groups is 1. The molecule has 0 unspecified atom stereocenters. The van der Waals surface area contributed by atoms with Gasteiger partial charge in [0.1, 0.15) is 12.1 Å². The van der Waals surface area contributed by atoms with E-state index in [1.54, 1.807) is 0 Å². The van der Waals surface area contributed by atoms with Crippen molar-refractivity contribution in [2.45, 2.75) is 33.1 Å². The van der Waals surface area contributed by atoms with Crippen LogP contribution in [0.3, 0.4) is 0 Å². The number of benzene rings is 2. The number of aldehydes is 1. The molecule has 4 rings (SSSR count). The summed E-state index contributed by atoms with van der Waals surface area (Å²) in [4.78, 5) is 22.7. The molecule has 0 spiro atoms. The maximum absolute atomic E-state index is 10.6. The van der Waals surface area contributed by atoms with Crippen LogP contribution in [0.25, 0.3) is 10.9 Å². The maximum atomic E-state index is 10.6. The first kappa shape index (κ1) is 23.1. The molecule has 3 aromatic rings. The minimum absolute atomic E-state index is 0.674. The number of aromatic nitrogens is 1. The topological polar surface area (TPSA) is 51.7 Å². The molecular weight excluding hydrogens is 432 g/mol. The maximum Gasteiger partial charge on any atom is 0.144 e. The summed E-state index contributed by atoms with van der Waals surface area (Å²) in [7, 11) is 1.95. The normalized spacial score (nSPS) is 15.8. The number of hydrogen-bond donors (Lipinski definition) is 1. The van der Waals surface area contributed by atoms with E-state index < -0.39 is 0 Å².